The van der Waals surface area contributed by atoms with Crippen LogP contribution in [-0.2, 0) is 4.74 Å². The maximum Gasteiger partial charge on any atom is 0.0620 e. The van der Waals surface area contributed by atoms with E-state index in [-0.39, 0.29) is 0 Å². The fourth-order valence-electron chi connectivity index (χ4n) is 1.67. The van der Waals surface area contributed by atoms with Crippen LogP contribution in [0.25, 0.3) is 0 Å². The van der Waals surface area contributed by atoms with Crippen molar-refractivity contribution in [1.82, 2.24) is 10.6 Å². The minimum absolute atomic E-state index is 0.549. The van der Waals surface area contributed by atoms with Crippen molar-refractivity contribution in [1.29, 1.82) is 0 Å². The van der Waals surface area contributed by atoms with Crippen LogP contribution in [0.1, 0.15) is 26.7 Å². The van der Waals surface area contributed by atoms with Gasteiger partial charge in [0.25, 0.3) is 0 Å². The highest BCUT2D eigenvalue weighted by atomic mass is 16.5. The second-order valence-corrected chi connectivity index (χ2v) is 3.82. The van der Waals surface area contributed by atoms with E-state index in [0.29, 0.717) is 12.1 Å². The lowest BCUT2D eigenvalue weighted by Gasteiger charge is -2.26. The molecule has 13 heavy (non-hydrogen) atoms. The Balaban J connectivity index is 2.07. The number of hydrogen-bond donors (Lipinski definition) is 2. The minimum Gasteiger partial charge on any atom is -0.379 e. The van der Waals surface area contributed by atoms with E-state index in [9.17, 15) is 0 Å². The smallest absolute Gasteiger partial charge is 0.0620 e. The number of rotatable bonds is 5. The molecule has 0 aromatic carbocycles. The van der Waals surface area contributed by atoms with Crippen molar-refractivity contribution >= 4 is 0 Å². The summed E-state index contributed by atoms with van der Waals surface area (Å²) in [5.41, 5.74) is 0. The molecule has 1 aliphatic heterocycles. The van der Waals surface area contributed by atoms with Crippen molar-refractivity contribution in [2.45, 2.75) is 38.8 Å². The SMILES string of the molecule is CCCNC(C)CC1COCCN1. The molecule has 2 atom stereocenters. The summed E-state index contributed by atoms with van der Waals surface area (Å²) < 4.78 is 5.40. The predicted molar refractivity (Wildman–Crippen MR) is 55.0 cm³/mol. The number of ether oxygens (including phenoxy) is 1. The van der Waals surface area contributed by atoms with Crippen LogP contribution in [0.5, 0.6) is 0 Å². The molecule has 0 spiro atoms. The topological polar surface area (TPSA) is 33.3 Å². The molecule has 0 radical (unpaired) electrons. The van der Waals surface area contributed by atoms with Crippen molar-refractivity contribution < 1.29 is 4.74 Å². The lowest BCUT2D eigenvalue weighted by atomic mass is 10.1. The molecule has 1 fully saturated rings. The first-order chi connectivity index (χ1) is 6.33. The lowest BCUT2D eigenvalue weighted by molar-refractivity contribution is 0.0712. The Morgan fingerprint density at radius 1 is 1.62 bits per heavy atom. The van der Waals surface area contributed by atoms with Crippen molar-refractivity contribution in [3.05, 3.63) is 0 Å². The molecule has 1 heterocycles. The van der Waals surface area contributed by atoms with Crippen LogP contribution in [-0.4, -0.2) is 38.4 Å². The largest absolute Gasteiger partial charge is 0.379 e. The quantitative estimate of drug-likeness (QED) is 0.665. The molecule has 0 bridgehead atoms. The maximum absolute atomic E-state index is 5.40. The normalized spacial score (nSPS) is 25.8. The average Bonchev–Trinajstić information content (AvgIpc) is 2.16. The molecule has 2 N–H and O–H groups in total. The average molecular weight is 186 g/mol. The summed E-state index contributed by atoms with van der Waals surface area (Å²) in [6.07, 6.45) is 2.37. The molecule has 0 amide bonds. The third-order valence-corrected chi connectivity index (χ3v) is 2.38. The van der Waals surface area contributed by atoms with E-state index in [0.717, 1.165) is 26.3 Å². The van der Waals surface area contributed by atoms with Crippen molar-refractivity contribution in [2.75, 3.05) is 26.3 Å². The minimum atomic E-state index is 0.549. The standard InChI is InChI=1S/C10H22N2O/c1-3-4-11-9(2)7-10-8-13-6-5-12-10/h9-12H,3-8H2,1-2H3. The van der Waals surface area contributed by atoms with Crippen molar-refractivity contribution in [3.63, 3.8) is 0 Å². The Bertz CT molecular complexity index is 124. The Morgan fingerprint density at radius 2 is 2.46 bits per heavy atom. The summed E-state index contributed by atoms with van der Waals surface area (Å²) in [6.45, 7) is 8.30. The third-order valence-electron chi connectivity index (χ3n) is 2.38. The monoisotopic (exact) mass is 186 g/mol. The van der Waals surface area contributed by atoms with E-state index in [2.05, 4.69) is 24.5 Å². The van der Waals surface area contributed by atoms with Crippen LogP contribution >= 0.6 is 0 Å². The van der Waals surface area contributed by atoms with Crippen LogP contribution in [0.4, 0.5) is 0 Å². The van der Waals surface area contributed by atoms with Gasteiger partial charge in [-0.05, 0) is 26.3 Å². The Morgan fingerprint density at radius 3 is 3.08 bits per heavy atom. The van der Waals surface area contributed by atoms with Crippen LogP contribution in [0.3, 0.4) is 0 Å². The zero-order chi connectivity index (χ0) is 9.52. The van der Waals surface area contributed by atoms with Crippen LogP contribution in [0.2, 0.25) is 0 Å². The zero-order valence-corrected chi connectivity index (χ0v) is 8.81. The van der Waals surface area contributed by atoms with E-state index in [1.54, 1.807) is 0 Å². The van der Waals surface area contributed by atoms with Gasteiger partial charge in [-0.3, -0.25) is 0 Å². The fraction of sp³-hybridized carbons (Fsp3) is 1.00. The molecule has 78 valence electrons. The van der Waals surface area contributed by atoms with Gasteiger partial charge in [0.2, 0.25) is 0 Å². The van der Waals surface area contributed by atoms with E-state index in [4.69, 9.17) is 4.74 Å². The van der Waals surface area contributed by atoms with E-state index < -0.39 is 0 Å². The van der Waals surface area contributed by atoms with Crippen molar-refractivity contribution in [3.8, 4) is 0 Å². The van der Waals surface area contributed by atoms with Gasteiger partial charge in [0.15, 0.2) is 0 Å². The summed E-state index contributed by atoms with van der Waals surface area (Å²) >= 11 is 0. The Hall–Kier alpha value is -0.120. The predicted octanol–water partition coefficient (Wildman–Crippen LogP) is 0.753. The summed E-state index contributed by atoms with van der Waals surface area (Å²) in [6, 6.07) is 1.15. The first-order valence-electron chi connectivity index (χ1n) is 5.37. The second-order valence-electron chi connectivity index (χ2n) is 3.82. The van der Waals surface area contributed by atoms with Gasteiger partial charge in [0.1, 0.15) is 0 Å². The maximum atomic E-state index is 5.40. The molecule has 1 aliphatic rings. The molecule has 3 heteroatoms. The number of morpholine rings is 1. The Kier molecular flexibility index (Phi) is 5.35. The third kappa shape index (κ3) is 4.60. The molecular weight excluding hydrogens is 164 g/mol. The highest BCUT2D eigenvalue weighted by Gasteiger charge is 2.15. The van der Waals surface area contributed by atoms with Gasteiger partial charge in [0, 0.05) is 18.6 Å². The van der Waals surface area contributed by atoms with E-state index in [1.807, 2.05) is 0 Å². The number of nitrogens with one attached hydrogen (secondary N) is 2. The summed E-state index contributed by atoms with van der Waals surface area (Å²) in [5, 5.41) is 6.95. The van der Waals surface area contributed by atoms with Gasteiger partial charge < -0.3 is 15.4 Å². The zero-order valence-electron chi connectivity index (χ0n) is 8.81. The lowest BCUT2D eigenvalue weighted by Crippen LogP contribution is -2.45. The van der Waals surface area contributed by atoms with Gasteiger partial charge in [-0.25, -0.2) is 0 Å². The molecule has 1 rings (SSSR count). The molecule has 2 unspecified atom stereocenters. The summed E-state index contributed by atoms with van der Waals surface area (Å²) in [7, 11) is 0. The van der Waals surface area contributed by atoms with Gasteiger partial charge in [-0.15, -0.1) is 0 Å². The molecular formula is C10H22N2O. The summed E-state index contributed by atoms with van der Waals surface area (Å²) in [5.74, 6) is 0. The summed E-state index contributed by atoms with van der Waals surface area (Å²) in [4.78, 5) is 0. The van der Waals surface area contributed by atoms with Crippen LogP contribution < -0.4 is 10.6 Å². The highest BCUT2D eigenvalue weighted by Crippen LogP contribution is 2.02. The number of hydrogen-bond acceptors (Lipinski definition) is 3. The molecule has 0 aromatic rings. The molecule has 3 nitrogen and oxygen atoms in total. The molecule has 0 aromatic heterocycles. The van der Waals surface area contributed by atoms with Gasteiger partial charge in [-0.2, -0.15) is 0 Å². The first kappa shape index (κ1) is 11.0. The Labute approximate surface area is 81.2 Å². The second kappa shape index (κ2) is 6.35. The first-order valence-corrected chi connectivity index (χ1v) is 5.37. The van der Waals surface area contributed by atoms with Gasteiger partial charge >= 0.3 is 0 Å². The fourth-order valence-corrected chi connectivity index (χ4v) is 1.67. The molecule has 0 aliphatic carbocycles. The van der Waals surface area contributed by atoms with Crippen LogP contribution in [0.15, 0.2) is 0 Å². The van der Waals surface area contributed by atoms with Crippen molar-refractivity contribution in [2.24, 2.45) is 0 Å². The van der Waals surface area contributed by atoms with Gasteiger partial charge in [0.05, 0.1) is 13.2 Å². The molecule has 0 saturated carbocycles. The van der Waals surface area contributed by atoms with E-state index >= 15 is 0 Å². The van der Waals surface area contributed by atoms with Crippen LogP contribution in [0, 0.1) is 0 Å². The van der Waals surface area contributed by atoms with Gasteiger partial charge in [-0.1, -0.05) is 6.92 Å². The van der Waals surface area contributed by atoms with E-state index in [1.165, 1.54) is 12.8 Å². The highest BCUT2D eigenvalue weighted by molar-refractivity contribution is 4.75. The molecule has 1 saturated heterocycles.